The lowest BCUT2D eigenvalue weighted by Crippen LogP contribution is -2.57. The third kappa shape index (κ3) is 3.67. The van der Waals surface area contributed by atoms with E-state index < -0.39 is 17.5 Å². The number of benzene rings is 2. The number of carbonyl (C=O) groups excluding carboxylic acids is 1. The number of hydrogen-bond acceptors (Lipinski definition) is 3. The molecule has 1 amide bonds. The molecule has 0 saturated carbocycles. The normalized spacial score (nSPS) is 22.1. The Kier molecular flexibility index (Phi) is 5.84. The highest BCUT2D eigenvalue weighted by molar-refractivity contribution is 5.96. The van der Waals surface area contributed by atoms with Gasteiger partial charge in [-0.1, -0.05) is 49.7 Å². The molecule has 2 aromatic rings. The van der Waals surface area contributed by atoms with Gasteiger partial charge >= 0.3 is 5.97 Å². The number of carboxylic acid groups (broad SMARTS) is 1. The summed E-state index contributed by atoms with van der Waals surface area (Å²) in [5.41, 5.74) is 2.39. The number of nitrogens with zero attached hydrogens (tertiary/aromatic N) is 1. The van der Waals surface area contributed by atoms with Crippen molar-refractivity contribution in [1.82, 2.24) is 4.90 Å². The van der Waals surface area contributed by atoms with Crippen molar-refractivity contribution in [3.63, 3.8) is 0 Å². The van der Waals surface area contributed by atoms with E-state index in [0.717, 1.165) is 16.7 Å². The van der Waals surface area contributed by atoms with Crippen LogP contribution in [0.3, 0.4) is 0 Å². The van der Waals surface area contributed by atoms with E-state index in [1.807, 2.05) is 56.3 Å². The van der Waals surface area contributed by atoms with Crippen LogP contribution in [0.25, 0.3) is 11.1 Å². The molecular weight excluding hydrogens is 354 g/mol. The van der Waals surface area contributed by atoms with Gasteiger partial charge in [0.2, 0.25) is 0 Å². The van der Waals surface area contributed by atoms with Gasteiger partial charge in [-0.05, 0) is 48.6 Å². The SMILES string of the molecule is CCC[C@]1(C(=O)O)CN(C(=O)c2cccc(-c3ccccc3C)c2)CC[C@@H]1O. The number of aliphatic hydroxyl groups excluding tert-OH is 1. The van der Waals surface area contributed by atoms with Gasteiger partial charge in [0.05, 0.1) is 6.10 Å². The van der Waals surface area contributed by atoms with Gasteiger partial charge in [0.25, 0.3) is 5.91 Å². The van der Waals surface area contributed by atoms with Crippen LogP contribution in [0.4, 0.5) is 0 Å². The maximum atomic E-state index is 13.1. The summed E-state index contributed by atoms with van der Waals surface area (Å²) >= 11 is 0. The Morgan fingerprint density at radius 3 is 2.61 bits per heavy atom. The van der Waals surface area contributed by atoms with E-state index in [1.165, 1.54) is 0 Å². The lowest BCUT2D eigenvalue weighted by Gasteiger charge is -2.43. The molecule has 1 fully saturated rings. The quantitative estimate of drug-likeness (QED) is 0.827. The minimum atomic E-state index is -1.30. The number of amides is 1. The zero-order valence-corrected chi connectivity index (χ0v) is 16.4. The molecule has 0 radical (unpaired) electrons. The van der Waals surface area contributed by atoms with Crippen LogP contribution < -0.4 is 0 Å². The van der Waals surface area contributed by atoms with Gasteiger partial charge in [0.15, 0.2) is 0 Å². The summed E-state index contributed by atoms with van der Waals surface area (Å²) in [7, 11) is 0. The number of aryl methyl sites for hydroxylation is 1. The van der Waals surface area contributed by atoms with Gasteiger partial charge in [-0.2, -0.15) is 0 Å². The van der Waals surface area contributed by atoms with E-state index in [4.69, 9.17) is 0 Å². The Morgan fingerprint density at radius 2 is 1.93 bits per heavy atom. The molecule has 1 aliphatic rings. The van der Waals surface area contributed by atoms with Gasteiger partial charge in [-0.3, -0.25) is 9.59 Å². The molecule has 1 saturated heterocycles. The number of carbonyl (C=O) groups is 2. The molecule has 0 bridgehead atoms. The Hall–Kier alpha value is -2.66. The Morgan fingerprint density at radius 1 is 1.18 bits per heavy atom. The second-order valence-electron chi connectivity index (χ2n) is 7.64. The van der Waals surface area contributed by atoms with Crippen molar-refractivity contribution < 1.29 is 19.8 Å². The summed E-state index contributed by atoms with van der Waals surface area (Å²) in [6.45, 7) is 4.31. The Balaban J connectivity index is 1.89. The number of carboxylic acids is 1. The highest BCUT2D eigenvalue weighted by atomic mass is 16.4. The Bertz CT molecular complexity index is 878. The van der Waals surface area contributed by atoms with Crippen molar-refractivity contribution in [3.05, 3.63) is 59.7 Å². The highest BCUT2D eigenvalue weighted by Crippen LogP contribution is 2.36. The predicted octanol–water partition coefficient (Wildman–Crippen LogP) is 3.74. The molecular formula is C23H27NO4. The average molecular weight is 381 g/mol. The fraction of sp³-hybridized carbons (Fsp3) is 0.391. The van der Waals surface area contributed by atoms with E-state index in [9.17, 15) is 19.8 Å². The van der Waals surface area contributed by atoms with Crippen molar-refractivity contribution in [2.45, 2.75) is 39.2 Å². The van der Waals surface area contributed by atoms with Gasteiger partial charge < -0.3 is 15.1 Å². The molecule has 0 aliphatic carbocycles. The van der Waals surface area contributed by atoms with E-state index in [0.29, 0.717) is 24.9 Å². The lowest BCUT2D eigenvalue weighted by atomic mass is 9.74. The van der Waals surface area contributed by atoms with Gasteiger partial charge in [0, 0.05) is 18.7 Å². The number of hydrogen-bond donors (Lipinski definition) is 2. The number of aliphatic carboxylic acids is 1. The molecule has 28 heavy (non-hydrogen) atoms. The van der Waals surface area contributed by atoms with Crippen LogP contribution in [-0.2, 0) is 4.79 Å². The predicted molar refractivity (Wildman–Crippen MR) is 108 cm³/mol. The van der Waals surface area contributed by atoms with Crippen molar-refractivity contribution in [2.75, 3.05) is 13.1 Å². The van der Waals surface area contributed by atoms with Crippen molar-refractivity contribution >= 4 is 11.9 Å². The zero-order valence-electron chi connectivity index (χ0n) is 16.4. The molecule has 1 aliphatic heterocycles. The summed E-state index contributed by atoms with van der Waals surface area (Å²) in [6, 6.07) is 15.4. The third-order valence-corrected chi connectivity index (χ3v) is 5.76. The second kappa shape index (κ2) is 8.15. The van der Waals surface area contributed by atoms with Crippen LogP contribution >= 0.6 is 0 Å². The number of likely N-dealkylation sites (tertiary alicyclic amines) is 1. The molecule has 5 heteroatoms. The summed E-state index contributed by atoms with van der Waals surface area (Å²) in [6.07, 6.45) is 0.313. The van der Waals surface area contributed by atoms with Crippen LogP contribution in [0.5, 0.6) is 0 Å². The van der Waals surface area contributed by atoms with Crippen molar-refractivity contribution in [1.29, 1.82) is 0 Å². The average Bonchev–Trinajstić information content (AvgIpc) is 2.69. The lowest BCUT2D eigenvalue weighted by molar-refractivity contribution is -0.162. The highest BCUT2D eigenvalue weighted by Gasteiger charge is 2.49. The van der Waals surface area contributed by atoms with E-state index in [-0.39, 0.29) is 18.9 Å². The smallest absolute Gasteiger partial charge is 0.314 e. The number of piperidine rings is 1. The molecule has 5 nitrogen and oxygen atoms in total. The third-order valence-electron chi connectivity index (χ3n) is 5.76. The van der Waals surface area contributed by atoms with Crippen LogP contribution in [0, 0.1) is 12.3 Å². The summed E-state index contributed by atoms with van der Waals surface area (Å²) in [4.78, 5) is 26.7. The van der Waals surface area contributed by atoms with Crippen LogP contribution in [0.15, 0.2) is 48.5 Å². The maximum Gasteiger partial charge on any atom is 0.314 e. The fourth-order valence-electron chi connectivity index (χ4n) is 4.16. The topological polar surface area (TPSA) is 77.8 Å². The van der Waals surface area contributed by atoms with Crippen molar-refractivity contribution in [2.24, 2.45) is 5.41 Å². The molecule has 0 aromatic heterocycles. The standard InChI is InChI=1S/C23H27NO4/c1-3-12-23(22(27)28)15-24(13-11-20(23)25)21(26)18-9-6-8-17(14-18)19-10-5-4-7-16(19)2/h4-10,14,20,25H,3,11-13,15H2,1-2H3,(H,27,28)/t20-,23-/m0/s1. The van der Waals surface area contributed by atoms with E-state index in [2.05, 4.69) is 0 Å². The molecule has 2 atom stereocenters. The molecule has 0 spiro atoms. The minimum absolute atomic E-state index is 0.0325. The first-order valence-corrected chi connectivity index (χ1v) is 9.76. The van der Waals surface area contributed by atoms with Crippen LogP contribution in [0.1, 0.15) is 42.1 Å². The minimum Gasteiger partial charge on any atom is -0.481 e. The maximum absolute atomic E-state index is 13.1. The van der Waals surface area contributed by atoms with E-state index >= 15 is 0 Å². The summed E-state index contributed by atoms with van der Waals surface area (Å²) in [5, 5.41) is 20.2. The van der Waals surface area contributed by atoms with Crippen LogP contribution in [-0.4, -0.2) is 46.2 Å². The van der Waals surface area contributed by atoms with Gasteiger partial charge in [-0.25, -0.2) is 0 Å². The first-order valence-electron chi connectivity index (χ1n) is 9.76. The summed E-state index contributed by atoms with van der Waals surface area (Å²) in [5.74, 6) is -1.22. The van der Waals surface area contributed by atoms with Gasteiger partial charge in [-0.15, -0.1) is 0 Å². The summed E-state index contributed by atoms with van der Waals surface area (Å²) < 4.78 is 0. The first kappa shape index (κ1) is 20.1. The van der Waals surface area contributed by atoms with Crippen LogP contribution in [0.2, 0.25) is 0 Å². The monoisotopic (exact) mass is 381 g/mol. The number of aliphatic hydroxyl groups is 1. The Labute approximate surface area is 165 Å². The second-order valence-corrected chi connectivity index (χ2v) is 7.64. The largest absolute Gasteiger partial charge is 0.481 e. The van der Waals surface area contributed by atoms with Gasteiger partial charge in [0.1, 0.15) is 5.41 Å². The number of rotatable bonds is 5. The fourth-order valence-corrected chi connectivity index (χ4v) is 4.16. The molecule has 0 unspecified atom stereocenters. The zero-order chi connectivity index (χ0) is 20.3. The molecule has 3 rings (SSSR count). The first-order chi connectivity index (χ1) is 13.4. The molecule has 1 heterocycles. The molecule has 2 N–H and O–H groups in total. The molecule has 2 aromatic carbocycles. The van der Waals surface area contributed by atoms with E-state index in [1.54, 1.807) is 11.0 Å². The van der Waals surface area contributed by atoms with Crippen molar-refractivity contribution in [3.8, 4) is 11.1 Å². The molecule has 148 valence electrons.